The zero-order valence-corrected chi connectivity index (χ0v) is 13.2. The van der Waals surface area contributed by atoms with Gasteiger partial charge in [-0.15, -0.1) is 0 Å². The van der Waals surface area contributed by atoms with E-state index in [0.29, 0.717) is 0 Å². The van der Waals surface area contributed by atoms with Crippen LogP contribution in [-0.2, 0) is 0 Å². The summed E-state index contributed by atoms with van der Waals surface area (Å²) in [7, 11) is -0.760. The molecule has 1 atom stereocenters. The van der Waals surface area contributed by atoms with Gasteiger partial charge in [0.05, 0.1) is 0 Å². The van der Waals surface area contributed by atoms with E-state index in [1.807, 2.05) is 36.4 Å². The molecule has 0 aliphatic carbocycles. The monoisotopic (exact) mass is 303 g/mol. The molecule has 108 valence electrons. The molecule has 3 rings (SSSR count). The first-order valence-electron chi connectivity index (χ1n) is 7.26. The standard InChI is InChI=1S/C20H18NP/c21-22(19-9-5-2-6-10-19)20-15-13-18(14-16-20)12-11-17-7-3-1-4-8-17/h1-16H,21H2. The van der Waals surface area contributed by atoms with Gasteiger partial charge in [-0.2, -0.15) is 0 Å². The van der Waals surface area contributed by atoms with Crippen LogP contribution in [0.25, 0.3) is 12.2 Å². The Morgan fingerprint density at radius 2 is 1.00 bits per heavy atom. The molecule has 2 heteroatoms. The zero-order chi connectivity index (χ0) is 15.2. The Morgan fingerprint density at radius 1 is 0.545 bits per heavy atom. The maximum atomic E-state index is 6.38. The van der Waals surface area contributed by atoms with Gasteiger partial charge in [-0.3, -0.25) is 0 Å². The first kappa shape index (κ1) is 14.7. The molecule has 0 fully saturated rings. The molecule has 3 aromatic carbocycles. The van der Waals surface area contributed by atoms with Crippen LogP contribution in [-0.4, -0.2) is 0 Å². The SMILES string of the molecule is NP(c1ccccc1)c1ccc(C=Cc2ccccc2)cc1. The Kier molecular flexibility index (Phi) is 4.80. The third kappa shape index (κ3) is 3.71. The van der Waals surface area contributed by atoms with Crippen LogP contribution in [0.2, 0.25) is 0 Å². The van der Waals surface area contributed by atoms with Gasteiger partial charge in [-0.05, 0) is 21.7 Å². The van der Waals surface area contributed by atoms with Crippen molar-refractivity contribution in [2.24, 2.45) is 5.50 Å². The Morgan fingerprint density at radius 3 is 1.59 bits per heavy atom. The molecule has 3 aromatic rings. The maximum absolute atomic E-state index is 6.38. The van der Waals surface area contributed by atoms with Crippen LogP contribution in [0.4, 0.5) is 0 Å². The van der Waals surface area contributed by atoms with Crippen molar-refractivity contribution in [3.63, 3.8) is 0 Å². The molecule has 0 bridgehead atoms. The lowest BCUT2D eigenvalue weighted by molar-refractivity contribution is 1.65. The fourth-order valence-corrected chi connectivity index (χ4v) is 3.50. The van der Waals surface area contributed by atoms with E-state index < -0.39 is 8.07 Å². The highest BCUT2D eigenvalue weighted by atomic mass is 31.1. The van der Waals surface area contributed by atoms with Crippen LogP contribution < -0.4 is 16.1 Å². The van der Waals surface area contributed by atoms with Crippen LogP contribution in [0.15, 0.2) is 84.9 Å². The van der Waals surface area contributed by atoms with Crippen molar-refractivity contribution < 1.29 is 0 Å². The van der Waals surface area contributed by atoms with Crippen molar-refractivity contribution >= 4 is 30.8 Å². The minimum Gasteiger partial charge on any atom is -0.302 e. The highest BCUT2D eigenvalue weighted by molar-refractivity contribution is 7.70. The second kappa shape index (κ2) is 7.17. The van der Waals surface area contributed by atoms with E-state index in [1.165, 1.54) is 21.7 Å². The van der Waals surface area contributed by atoms with Crippen molar-refractivity contribution in [2.45, 2.75) is 0 Å². The Bertz CT molecular complexity index is 734. The molecule has 0 saturated heterocycles. The lowest BCUT2D eigenvalue weighted by Gasteiger charge is -2.12. The molecule has 0 saturated carbocycles. The molecular weight excluding hydrogens is 285 g/mol. The van der Waals surface area contributed by atoms with Crippen molar-refractivity contribution in [3.8, 4) is 0 Å². The fraction of sp³-hybridized carbons (Fsp3) is 0. The summed E-state index contributed by atoms with van der Waals surface area (Å²) in [6, 6.07) is 29.1. The predicted molar refractivity (Wildman–Crippen MR) is 98.6 cm³/mol. The van der Waals surface area contributed by atoms with Crippen LogP contribution >= 0.6 is 8.07 Å². The third-order valence-electron chi connectivity index (χ3n) is 3.47. The summed E-state index contributed by atoms with van der Waals surface area (Å²) in [5.74, 6) is 0. The molecule has 2 N–H and O–H groups in total. The van der Waals surface area contributed by atoms with Gasteiger partial charge in [-0.1, -0.05) is 97.1 Å². The average Bonchev–Trinajstić information content (AvgIpc) is 2.61. The largest absolute Gasteiger partial charge is 0.302 e. The summed E-state index contributed by atoms with van der Waals surface area (Å²) in [6.07, 6.45) is 4.25. The van der Waals surface area contributed by atoms with Crippen molar-refractivity contribution in [3.05, 3.63) is 96.1 Å². The highest BCUT2D eigenvalue weighted by Gasteiger charge is 2.07. The molecule has 0 amide bonds. The highest BCUT2D eigenvalue weighted by Crippen LogP contribution is 2.23. The van der Waals surface area contributed by atoms with Crippen LogP contribution in [0.5, 0.6) is 0 Å². The van der Waals surface area contributed by atoms with Gasteiger partial charge in [0.15, 0.2) is 0 Å². The van der Waals surface area contributed by atoms with Crippen molar-refractivity contribution in [1.29, 1.82) is 0 Å². The summed E-state index contributed by atoms with van der Waals surface area (Å²) < 4.78 is 0. The smallest absolute Gasteiger partial charge is 0.0225 e. The Balaban J connectivity index is 1.74. The first-order chi connectivity index (χ1) is 10.8. The number of benzene rings is 3. The van der Waals surface area contributed by atoms with Crippen molar-refractivity contribution in [1.82, 2.24) is 0 Å². The van der Waals surface area contributed by atoms with Crippen LogP contribution in [0.3, 0.4) is 0 Å². The van der Waals surface area contributed by atoms with E-state index in [0.717, 1.165) is 0 Å². The van der Waals surface area contributed by atoms with E-state index in [-0.39, 0.29) is 0 Å². The molecule has 1 unspecified atom stereocenters. The molecule has 0 aliphatic rings. The van der Waals surface area contributed by atoms with Crippen molar-refractivity contribution in [2.75, 3.05) is 0 Å². The molecular formula is C20H18NP. The second-order valence-corrected chi connectivity index (χ2v) is 6.81. The number of hydrogen-bond acceptors (Lipinski definition) is 1. The summed E-state index contributed by atoms with van der Waals surface area (Å²) in [4.78, 5) is 0. The van der Waals surface area contributed by atoms with E-state index >= 15 is 0 Å². The minimum absolute atomic E-state index is 0.760. The zero-order valence-electron chi connectivity index (χ0n) is 12.3. The van der Waals surface area contributed by atoms with Gasteiger partial charge in [0.25, 0.3) is 0 Å². The summed E-state index contributed by atoms with van der Waals surface area (Å²) in [6.45, 7) is 0. The summed E-state index contributed by atoms with van der Waals surface area (Å²) >= 11 is 0. The topological polar surface area (TPSA) is 26.0 Å². The molecule has 0 aliphatic heterocycles. The number of rotatable bonds is 4. The summed E-state index contributed by atoms with van der Waals surface area (Å²) in [5.41, 5.74) is 8.77. The van der Waals surface area contributed by atoms with Gasteiger partial charge in [-0.25, -0.2) is 0 Å². The molecule has 0 aromatic heterocycles. The predicted octanol–water partition coefficient (Wildman–Crippen LogP) is 4.16. The van der Waals surface area contributed by atoms with Crippen LogP contribution in [0, 0.1) is 0 Å². The molecule has 0 radical (unpaired) electrons. The fourth-order valence-electron chi connectivity index (χ4n) is 2.24. The van der Waals surface area contributed by atoms with Gasteiger partial charge in [0.2, 0.25) is 0 Å². The maximum Gasteiger partial charge on any atom is 0.0225 e. The van der Waals surface area contributed by atoms with Gasteiger partial charge in [0.1, 0.15) is 0 Å². The molecule has 0 spiro atoms. The van der Waals surface area contributed by atoms with E-state index in [9.17, 15) is 0 Å². The first-order valence-corrected chi connectivity index (χ1v) is 8.67. The second-order valence-electron chi connectivity index (χ2n) is 5.04. The lowest BCUT2D eigenvalue weighted by Crippen LogP contribution is -2.16. The molecule has 1 nitrogen and oxygen atoms in total. The Hall–Kier alpha value is -2.21. The van der Waals surface area contributed by atoms with E-state index in [4.69, 9.17) is 5.50 Å². The van der Waals surface area contributed by atoms with Crippen LogP contribution in [0.1, 0.15) is 11.1 Å². The quantitative estimate of drug-likeness (QED) is 0.568. The Labute approximate surface area is 132 Å². The normalized spacial score (nSPS) is 12.4. The summed E-state index contributed by atoms with van der Waals surface area (Å²) in [5, 5.41) is 2.39. The van der Waals surface area contributed by atoms with Gasteiger partial charge < -0.3 is 5.50 Å². The minimum atomic E-state index is -0.760. The number of hydrogen-bond donors (Lipinski definition) is 1. The van der Waals surface area contributed by atoms with Gasteiger partial charge >= 0.3 is 0 Å². The molecule has 0 heterocycles. The lowest BCUT2D eigenvalue weighted by atomic mass is 10.1. The van der Waals surface area contributed by atoms with E-state index in [1.54, 1.807) is 0 Å². The van der Waals surface area contributed by atoms with Gasteiger partial charge in [0, 0.05) is 8.07 Å². The number of nitrogens with two attached hydrogens (primary N) is 1. The third-order valence-corrected chi connectivity index (χ3v) is 5.18. The van der Waals surface area contributed by atoms with E-state index in [2.05, 4.69) is 60.7 Å². The molecule has 22 heavy (non-hydrogen) atoms. The average molecular weight is 303 g/mol.